The summed E-state index contributed by atoms with van der Waals surface area (Å²) in [6.45, 7) is 5.19. The van der Waals surface area contributed by atoms with Crippen LogP contribution in [0.4, 0.5) is 0 Å². The predicted molar refractivity (Wildman–Crippen MR) is 91.2 cm³/mol. The van der Waals surface area contributed by atoms with Crippen molar-refractivity contribution >= 4 is 5.76 Å². The maximum Gasteiger partial charge on any atom is 0.328 e. The van der Waals surface area contributed by atoms with Gasteiger partial charge in [0.2, 0.25) is 0 Å². The van der Waals surface area contributed by atoms with E-state index >= 15 is 0 Å². The molecule has 0 radical (unpaired) electrons. The Hall–Kier alpha value is -2.56. The second kappa shape index (κ2) is 8.78. The van der Waals surface area contributed by atoms with Crippen molar-refractivity contribution in [3.8, 4) is 0 Å². The molecule has 0 atom stereocenters. The molecular formula is C18H22N2O3. The minimum Gasteiger partial charge on any atom is -0.494 e. The average molecular weight is 314 g/mol. The number of aryl methyl sites for hydroxylation is 1. The molecule has 2 rings (SSSR count). The van der Waals surface area contributed by atoms with Crippen LogP contribution in [0.15, 0.2) is 58.8 Å². The molecule has 122 valence electrons. The Bertz CT molecular complexity index is 732. The Morgan fingerprint density at radius 3 is 2.52 bits per heavy atom. The van der Waals surface area contributed by atoms with Gasteiger partial charge in [-0.3, -0.25) is 9.78 Å². The third kappa shape index (κ3) is 5.62. The van der Waals surface area contributed by atoms with E-state index in [-0.39, 0.29) is 11.2 Å². The molecular weight excluding hydrogens is 292 g/mol. The van der Waals surface area contributed by atoms with Crippen LogP contribution < -0.4 is 11.2 Å². The van der Waals surface area contributed by atoms with E-state index in [4.69, 9.17) is 4.74 Å². The second-order valence-corrected chi connectivity index (χ2v) is 5.36. The van der Waals surface area contributed by atoms with E-state index < -0.39 is 0 Å². The molecule has 0 aliphatic rings. The van der Waals surface area contributed by atoms with E-state index in [0.29, 0.717) is 18.9 Å². The molecule has 0 aliphatic heterocycles. The summed E-state index contributed by atoms with van der Waals surface area (Å²) >= 11 is 0. The molecule has 23 heavy (non-hydrogen) atoms. The van der Waals surface area contributed by atoms with Crippen molar-refractivity contribution in [1.29, 1.82) is 0 Å². The van der Waals surface area contributed by atoms with E-state index in [2.05, 4.69) is 11.6 Å². The highest BCUT2D eigenvalue weighted by atomic mass is 16.5. The Labute approximate surface area is 135 Å². The highest BCUT2D eigenvalue weighted by Gasteiger charge is 1.99. The maximum absolute atomic E-state index is 11.5. The van der Waals surface area contributed by atoms with E-state index in [1.54, 1.807) is 0 Å². The number of H-pyrrole nitrogens is 1. The number of benzene rings is 1. The number of nitrogens with one attached hydrogen (secondary N) is 1. The normalized spacial score (nSPS) is 10.4. The fraction of sp³-hybridized carbons (Fsp3) is 0.333. The molecule has 1 aromatic heterocycles. The van der Waals surface area contributed by atoms with Gasteiger partial charge in [0.25, 0.3) is 5.56 Å². The van der Waals surface area contributed by atoms with Crippen LogP contribution >= 0.6 is 0 Å². The molecule has 0 unspecified atom stereocenters. The molecule has 0 spiro atoms. The number of ether oxygens (including phenoxy) is 1. The van der Waals surface area contributed by atoms with E-state index in [1.165, 1.54) is 16.8 Å². The van der Waals surface area contributed by atoms with Crippen LogP contribution in [0.3, 0.4) is 0 Å². The van der Waals surface area contributed by atoms with Crippen LogP contribution in [0, 0.1) is 0 Å². The van der Waals surface area contributed by atoms with E-state index in [9.17, 15) is 9.59 Å². The molecule has 1 heterocycles. The lowest BCUT2D eigenvalue weighted by Crippen LogP contribution is -2.28. The van der Waals surface area contributed by atoms with Gasteiger partial charge >= 0.3 is 5.69 Å². The zero-order chi connectivity index (χ0) is 16.5. The molecule has 5 nitrogen and oxygen atoms in total. The standard InChI is InChI=1S/C18H22N2O3/c1-15(16-9-5-4-6-10-16)23-14-8-3-2-7-12-20-13-11-17(21)19-18(20)22/h4-6,9-11,13H,1-3,7-8,12,14H2,(H,19,21,22). The quantitative estimate of drug-likeness (QED) is 0.572. The van der Waals surface area contributed by atoms with Crippen LogP contribution in [0.25, 0.3) is 5.76 Å². The third-order valence-electron chi connectivity index (χ3n) is 3.56. The summed E-state index contributed by atoms with van der Waals surface area (Å²) in [6, 6.07) is 11.2. The van der Waals surface area contributed by atoms with E-state index in [0.717, 1.165) is 31.2 Å². The van der Waals surface area contributed by atoms with Gasteiger partial charge in [0, 0.05) is 24.4 Å². The molecule has 1 N–H and O–H groups in total. The van der Waals surface area contributed by atoms with Crippen molar-refractivity contribution in [3.05, 3.63) is 75.6 Å². The highest BCUT2D eigenvalue weighted by molar-refractivity contribution is 5.56. The minimum atomic E-state index is -0.359. The number of aromatic amines is 1. The fourth-order valence-electron chi connectivity index (χ4n) is 2.26. The first-order valence-electron chi connectivity index (χ1n) is 7.84. The Morgan fingerprint density at radius 2 is 1.78 bits per heavy atom. The average Bonchev–Trinajstić information content (AvgIpc) is 2.56. The van der Waals surface area contributed by atoms with Crippen LogP contribution in [-0.4, -0.2) is 16.2 Å². The van der Waals surface area contributed by atoms with Gasteiger partial charge in [-0.15, -0.1) is 0 Å². The van der Waals surface area contributed by atoms with Gasteiger partial charge in [0.1, 0.15) is 5.76 Å². The summed E-state index contributed by atoms with van der Waals surface area (Å²) in [5.74, 6) is 0.699. The zero-order valence-corrected chi connectivity index (χ0v) is 13.2. The van der Waals surface area contributed by atoms with Gasteiger partial charge in [0.05, 0.1) is 6.61 Å². The summed E-state index contributed by atoms with van der Waals surface area (Å²) in [4.78, 5) is 24.7. The SMILES string of the molecule is C=C(OCCCCCCn1ccc(=O)[nH]c1=O)c1ccccc1. The summed E-state index contributed by atoms with van der Waals surface area (Å²) in [7, 11) is 0. The van der Waals surface area contributed by atoms with Crippen LogP contribution in [-0.2, 0) is 11.3 Å². The fourth-order valence-corrected chi connectivity index (χ4v) is 2.26. The Kier molecular flexibility index (Phi) is 6.41. The first-order valence-corrected chi connectivity index (χ1v) is 7.84. The Balaban J connectivity index is 1.58. The van der Waals surface area contributed by atoms with Gasteiger partial charge in [-0.2, -0.15) is 0 Å². The third-order valence-corrected chi connectivity index (χ3v) is 3.56. The number of aromatic nitrogens is 2. The lowest BCUT2D eigenvalue weighted by molar-refractivity contribution is 0.267. The first kappa shape index (κ1) is 16.8. The van der Waals surface area contributed by atoms with Crippen LogP contribution in [0.5, 0.6) is 0 Å². The van der Waals surface area contributed by atoms with Crippen molar-refractivity contribution in [2.45, 2.75) is 32.2 Å². The second-order valence-electron chi connectivity index (χ2n) is 5.36. The number of hydrogen-bond donors (Lipinski definition) is 1. The van der Waals surface area contributed by atoms with Crippen molar-refractivity contribution in [3.63, 3.8) is 0 Å². The zero-order valence-electron chi connectivity index (χ0n) is 13.2. The lowest BCUT2D eigenvalue weighted by Gasteiger charge is -2.09. The van der Waals surface area contributed by atoms with Crippen LogP contribution in [0.2, 0.25) is 0 Å². The van der Waals surface area contributed by atoms with Gasteiger partial charge in [-0.05, 0) is 12.8 Å². The van der Waals surface area contributed by atoms with Gasteiger partial charge in [-0.1, -0.05) is 49.8 Å². The number of rotatable bonds is 9. The number of hydrogen-bond acceptors (Lipinski definition) is 3. The predicted octanol–water partition coefficient (Wildman–Crippen LogP) is 2.78. The van der Waals surface area contributed by atoms with Crippen LogP contribution in [0.1, 0.15) is 31.2 Å². The van der Waals surface area contributed by atoms with Crippen molar-refractivity contribution in [1.82, 2.24) is 9.55 Å². The summed E-state index contributed by atoms with van der Waals surface area (Å²) in [5.41, 5.74) is 0.298. The van der Waals surface area contributed by atoms with Crippen molar-refractivity contribution < 1.29 is 4.74 Å². The van der Waals surface area contributed by atoms with Gasteiger partial charge in [0.15, 0.2) is 0 Å². The first-order chi connectivity index (χ1) is 11.2. The lowest BCUT2D eigenvalue weighted by atomic mass is 10.2. The molecule has 0 saturated carbocycles. The van der Waals surface area contributed by atoms with Gasteiger partial charge in [-0.25, -0.2) is 4.79 Å². The largest absolute Gasteiger partial charge is 0.494 e. The molecule has 1 aromatic carbocycles. The van der Waals surface area contributed by atoms with Crippen molar-refractivity contribution in [2.75, 3.05) is 6.61 Å². The van der Waals surface area contributed by atoms with Gasteiger partial charge < -0.3 is 9.30 Å². The molecule has 2 aromatic rings. The molecule has 0 amide bonds. The highest BCUT2D eigenvalue weighted by Crippen LogP contribution is 2.13. The molecule has 0 bridgehead atoms. The summed E-state index contributed by atoms with van der Waals surface area (Å²) in [6.07, 6.45) is 5.42. The smallest absolute Gasteiger partial charge is 0.328 e. The molecule has 0 saturated heterocycles. The maximum atomic E-state index is 11.5. The topological polar surface area (TPSA) is 64.1 Å². The van der Waals surface area contributed by atoms with E-state index in [1.807, 2.05) is 30.3 Å². The minimum absolute atomic E-state index is 0.347. The molecule has 0 aliphatic carbocycles. The monoisotopic (exact) mass is 314 g/mol. The molecule has 5 heteroatoms. The summed E-state index contributed by atoms with van der Waals surface area (Å²) in [5, 5.41) is 0. The number of nitrogens with zero attached hydrogens (tertiary/aromatic N) is 1. The molecule has 0 fully saturated rings. The Morgan fingerprint density at radius 1 is 1.04 bits per heavy atom. The van der Waals surface area contributed by atoms with Crippen molar-refractivity contribution in [2.24, 2.45) is 0 Å². The summed E-state index contributed by atoms with van der Waals surface area (Å²) < 4.78 is 7.16. The number of unbranched alkanes of at least 4 members (excludes halogenated alkanes) is 3.